The summed E-state index contributed by atoms with van der Waals surface area (Å²) < 4.78 is 0. The Kier molecular flexibility index (Phi) is 18.2. The molecule has 1 N–H and O–H groups in total. The minimum atomic E-state index is -0.635. The molecule has 0 rings (SSSR count). The van der Waals surface area contributed by atoms with E-state index >= 15 is 0 Å². The second-order valence-corrected chi connectivity index (χ2v) is 2.61. The molecule has 0 aliphatic carbocycles. The predicted octanol–water partition coefficient (Wildman–Crippen LogP) is -3.70. The zero-order valence-corrected chi connectivity index (χ0v) is 10.9. The third-order valence-corrected chi connectivity index (χ3v) is 1.62. The summed E-state index contributed by atoms with van der Waals surface area (Å²) >= 11 is 0. The summed E-state index contributed by atoms with van der Waals surface area (Å²) in [6, 6.07) is 0. The van der Waals surface area contributed by atoms with Gasteiger partial charge < -0.3 is 17.5 Å². The Morgan fingerprint density at radius 3 is 1.75 bits per heavy atom. The molecule has 0 radical (unpaired) electrons. The first-order valence-corrected chi connectivity index (χ1v) is 3.95. The second-order valence-electron chi connectivity index (χ2n) is 2.61. The Labute approximate surface area is 103 Å². The van der Waals surface area contributed by atoms with E-state index in [1.807, 2.05) is 13.8 Å². The Balaban J connectivity index is -0.000000405. The molecule has 0 aromatic carbocycles. The van der Waals surface area contributed by atoms with Gasteiger partial charge >= 0.3 is 35.5 Å². The molecule has 0 aliphatic heterocycles. The van der Waals surface area contributed by atoms with Crippen molar-refractivity contribution in [3.63, 3.8) is 0 Å². The zero-order chi connectivity index (χ0) is 7.98. The van der Waals surface area contributed by atoms with Gasteiger partial charge in [-0.1, -0.05) is 26.7 Å². The van der Waals surface area contributed by atoms with E-state index < -0.39 is 5.97 Å². The van der Waals surface area contributed by atoms with E-state index in [9.17, 15) is 4.79 Å². The van der Waals surface area contributed by atoms with Crippen LogP contribution >= 0.6 is 0 Å². The predicted molar refractivity (Wildman–Crippen MR) is 40.9 cm³/mol. The minimum Gasteiger partial charge on any atom is -1.00 e. The molecule has 0 heterocycles. The average Bonchev–Trinajstić information content (AvgIpc) is 1.87. The molecule has 0 saturated heterocycles. The van der Waals surface area contributed by atoms with Crippen LogP contribution < -0.4 is 42.0 Å². The summed E-state index contributed by atoms with van der Waals surface area (Å²) in [5, 5.41) is 8.64. The van der Waals surface area contributed by atoms with Gasteiger partial charge in [-0.3, -0.25) is 4.79 Å². The number of aliphatic carboxylic acids is 1. The van der Waals surface area contributed by atoms with Gasteiger partial charge in [0.1, 0.15) is 0 Å². The van der Waals surface area contributed by atoms with E-state index in [4.69, 9.17) is 5.11 Å². The van der Waals surface area contributed by atoms with Crippen molar-refractivity contribution in [2.45, 2.75) is 39.5 Å². The standard InChI is InChI=1S/C8H16O2.ClH.Na/c1-3-5-7(6-4-2)8(9)10;;/h7H,3-6H2,1-2H3,(H,9,10);1H;/q;;+1/p-1. The van der Waals surface area contributed by atoms with Gasteiger partial charge in [0.05, 0.1) is 5.92 Å². The summed E-state index contributed by atoms with van der Waals surface area (Å²) in [5.41, 5.74) is 0. The summed E-state index contributed by atoms with van der Waals surface area (Å²) in [5.74, 6) is -0.737. The van der Waals surface area contributed by atoms with Crippen LogP contribution in [0.3, 0.4) is 0 Å². The van der Waals surface area contributed by atoms with Gasteiger partial charge in [0.15, 0.2) is 0 Å². The van der Waals surface area contributed by atoms with Crippen LogP contribution in [-0.2, 0) is 4.79 Å². The SMILES string of the molecule is CCCC(CCC)C(=O)O.[Cl-].[Na+]. The van der Waals surface area contributed by atoms with Crippen LogP contribution in [0, 0.1) is 5.92 Å². The Morgan fingerprint density at radius 1 is 1.25 bits per heavy atom. The molecule has 0 aromatic rings. The quantitative estimate of drug-likeness (QED) is 0.466. The van der Waals surface area contributed by atoms with Crippen molar-refractivity contribution in [2.24, 2.45) is 5.92 Å². The molecular formula is C8H16ClNaO2. The van der Waals surface area contributed by atoms with Crippen molar-refractivity contribution in [2.75, 3.05) is 0 Å². The molecule has 0 spiro atoms. The molecule has 4 heteroatoms. The molecule has 12 heavy (non-hydrogen) atoms. The van der Waals surface area contributed by atoms with E-state index in [2.05, 4.69) is 0 Å². The Morgan fingerprint density at radius 2 is 1.58 bits per heavy atom. The molecule has 0 unspecified atom stereocenters. The maximum atomic E-state index is 10.5. The number of carboxylic acid groups (broad SMARTS) is 1. The molecule has 0 bridgehead atoms. The number of hydrogen-bond acceptors (Lipinski definition) is 1. The van der Waals surface area contributed by atoms with E-state index in [0.717, 1.165) is 25.7 Å². The van der Waals surface area contributed by atoms with E-state index in [1.165, 1.54) is 0 Å². The topological polar surface area (TPSA) is 37.3 Å². The molecule has 0 aromatic heterocycles. The van der Waals surface area contributed by atoms with Gasteiger partial charge in [-0.2, -0.15) is 0 Å². The van der Waals surface area contributed by atoms with Crippen molar-refractivity contribution in [3.05, 3.63) is 0 Å². The summed E-state index contributed by atoms with van der Waals surface area (Å²) in [7, 11) is 0. The molecule has 0 atom stereocenters. The first-order valence-electron chi connectivity index (χ1n) is 3.95. The van der Waals surface area contributed by atoms with Gasteiger partial charge in [0.25, 0.3) is 0 Å². The summed E-state index contributed by atoms with van der Waals surface area (Å²) in [6.07, 6.45) is 3.58. The second kappa shape index (κ2) is 11.8. The van der Waals surface area contributed by atoms with Gasteiger partial charge in [0.2, 0.25) is 0 Å². The third-order valence-electron chi connectivity index (χ3n) is 1.62. The maximum absolute atomic E-state index is 10.5. The number of carboxylic acids is 1. The van der Waals surface area contributed by atoms with Gasteiger partial charge in [0, 0.05) is 0 Å². The van der Waals surface area contributed by atoms with Gasteiger partial charge in [-0.05, 0) is 12.8 Å². The van der Waals surface area contributed by atoms with Crippen molar-refractivity contribution in [3.8, 4) is 0 Å². The number of hydrogen-bond donors (Lipinski definition) is 1. The Hall–Kier alpha value is 0.760. The molecule has 0 aliphatic rings. The maximum Gasteiger partial charge on any atom is 1.00 e. The van der Waals surface area contributed by atoms with Crippen molar-refractivity contribution in [1.82, 2.24) is 0 Å². The van der Waals surface area contributed by atoms with Gasteiger partial charge in [-0.25, -0.2) is 0 Å². The van der Waals surface area contributed by atoms with E-state index in [0.29, 0.717) is 0 Å². The first kappa shape index (κ1) is 18.5. The van der Waals surface area contributed by atoms with Crippen LogP contribution in [0.5, 0.6) is 0 Å². The molecule has 0 fully saturated rings. The average molecular weight is 203 g/mol. The largest absolute Gasteiger partial charge is 1.00 e. The zero-order valence-electron chi connectivity index (χ0n) is 8.14. The third kappa shape index (κ3) is 8.85. The molecule has 68 valence electrons. The number of halogens is 1. The summed E-state index contributed by atoms with van der Waals surface area (Å²) in [6.45, 7) is 4.04. The van der Waals surface area contributed by atoms with Crippen LogP contribution in [0.25, 0.3) is 0 Å². The minimum absolute atomic E-state index is 0. The van der Waals surface area contributed by atoms with Crippen molar-refractivity contribution < 1.29 is 51.9 Å². The van der Waals surface area contributed by atoms with Crippen LogP contribution in [-0.4, -0.2) is 11.1 Å². The van der Waals surface area contributed by atoms with Crippen molar-refractivity contribution >= 4 is 5.97 Å². The van der Waals surface area contributed by atoms with Crippen LogP contribution in [0.4, 0.5) is 0 Å². The van der Waals surface area contributed by atoms with Crippen LogP contribution in [0.1, 0.15) is 39.5 Å². The number of carbonyl (C=O) groups is 1. The fraction of sp³-hybridized carbons (Fsp3) is 0.875. The molecule has 2 nitrogen and oxygen atoms in total. The van der Waals surface area contributed by atoms with E-state index in [1.54, 1.807) is 0 Å². The molecular weight excluding hydrogens is 187 g/mol. The molecule has 0 saturated carbocycles. The van der Waals surface area contributed by atoms with Crippen molar-refractivity contribution in [1.29, 1.82) is 0 Å². The fourth-order valence-electron chi connectivity index (χ4n) is 1.09. The monoisotopic (exact) mass is 202 g/mol. The Bertz CT molecular complexity index is 103. The van der Waals surface area contributed by atoms with Gasteiger partial charge in [-0.15, -0.1) is 0 Å². The summed E-state index contributed by atoms with van der Waals surface area (Å²) in [4.78, 5) is 10.5. The fourth-order valence-corrected chi connectivity index (χ4v) is 1.09. The normalized spacial score (nSPS) is 8.58. The van der Waals surface area contributed by atoms with E-state index in [-0.39, 0.29) is 47.9 Å². The van der Waals surface area contributed by atoms with Crippen LogP contribution in [0.15, 0.2) is 0 Å². The number of rotatable bonds is 5. The van der Waals surface area contributed by atoms with Crippen LogP contribution in [0.2, 0.25) is 0 Å². The first-order chi connectivity index (χ1) is 4.72. The molecule has 0 amide bonds. The smallest absolute Gasteiger partial charge is 1.00 e.